The van der Waals surface area contributed by atoms with Crippen molar-refractivity contribution in [3.8, 4) is 0 Å². The number of carboxylic acid groups (broad SMARTS) is 1. The molecule has 1 aromatic heterocycles. The Labute approximate surface area is 98.6 Å². The molecule has 1 atom stereocenters. The zero-order chi connectivity index (χ0) is 12.4. The van der Waals surface area contributed by atoms with Gasteiger partial charge in [-0.2, -0.15) is 5.10 Å². The van der Waals surface area contributed by atoms with Crippen LogP contribution in [0.5, 0.6) is 0 Å². The van der Waals surface area contributed by atoms with Crippen molar-refractivity contribution in [3.05, 3.63) is 17.5 Å². The summed E-state index contributed by atoms with van der Waals surface area (Å²) in [7, 11) is 0. The maximum atomic E-state index is 11.9. The van der Waals surface area contributed by atoms with Gasteiger partial charge in [-0.3, -0.25) is 14.3 Å². The lowest BCUT2D eigenvalue weighted by Crippen LogP contribution is -2.38. The largest absolute Gasteiger partial charge is 0.480 e. The molecule has 0 spiro atoms. The third kappa shape index (κ3) is 2.30. The number of rotatable bonds is 3. The lowest BCUT2D eigenvalue weighted by molar-refractivity contribution is -0.138. The summed E-state index contributed by atoms with van der Waals surface area (Å²) in [6, 6.07) is -0.887. The molecule has 1 aliphatic rings. The van der Waals surface area contributed by atoms with Crippen LogP contribution in [-0.2, 0) is 17.8 Å². The van der Waals surface area contributed by atoms with E-state index in [4.69, 9.17) is 5.11 Å². The number of aromatic nitrogens is 2. The summed E-state index contributed by atoms with van der Waals surface area (Å²) in [4.78, 5) is 22.5. The minimum Gasteiger partial charge on any atom is -0.480 e. The smallest absolute Gasteiger partial charge is 0.325 e. The van der Waals surface area contributed by atoms with Gasteiger partial charge in [-0.05, 0) is 26.2 Å². The van der Waals surface area contributed by atoms with E-state index in [0.717, 1.165) is 31.5 Å². The molecule has 0 bridgehead atoms. The van der Waals surface area contributed by atoms with Gasteiger partial charge in [0, 0.05) is 6.54 Å². The summed E-state index contributed by atoms with van der Waals surface area (Å²) in [5, 5.41) is 15.3. The fourth-order valence-electron chi connectivity index (χ4n) is 1.95. The second kappa shape index (κ2) is 4.57. The first-order chi connectivity index (χ1) is 8.09. The summed E-state index contributed by atoms with van der Waals surface area (Å²) in [6.45, 7) is 2.27. The fourth-order valence-corrected chi connectivity index (χ4v) is 1.95. The van der Waals surface area contributed by atoms with Crippen LogP contribution >= 0.6 is 0 Å². The van der Waals surface area contributed by atoms with Crippen LogP contribution in [0, 0.1) is 0 Å². The summed E-state index contributed by atoms with van der Waals surface area (Å²) < 4.78 is 1.82. The van der Waals surface area contributed by atoms with Gasteiger partial charge in [0.1, 0.15) is 6.04 Å². The average Bonchev–Trinajstić information content (AvgIpc) is 2.72. The standard InChI is InChI=1S/C11H15N3O3/c1-7(11(16)17)13-10(15)8-6-12-14-5-3-2-4-9(8)14/h6-7H,2-5H2,1H3,(H,13,15)(H,16,17)/t7-/m0/s1. The predicted octanol–water partition coefficient (Wildman–Crippen LogP) is 0.422. The van der Waals surface area contributed by atoms with E-state index in [1.54, 1.807) is 0 Å². The SMILES string of the molecule is C[C@H](NC(=O)c1cnn2c1CCCC2)C(=O)O. The number of carboxylic acids is 1. The average molecular weight is 237 g/mol. The van der Waals surface area contributed by atoms with E-state index in [1.807, 2.05) is 4.68 Å². The van der Waals surface area contributed by atoms with Crippen molar-refractivity contribution in [2.45, 2.75) is 38.8 Å². The quantitative estimate of drug-likeness (QED) is 0.798. The topological polar surface area (TPSA) is 84.2 Å². The molecule has 0 saturated carbocycles. The Morgan fingerprint density at radius 1 is 1.53 bits per heavy atom. The lowest BCUT2D eigenvalue weighted by atomic mass is 10.1. The molecule has 6 nitrogen and oxygen atoms in total. The molecular formula is C11H15N3O3. The molecule has 2 heterocycles. The molecule has 0 radical (unpaired) electrons. The molecule has 6 heteroatoms. The third-order valence-corrected chi connectivity index (χ3v) is 2.94. The minimum absolute atomic E-state index is 0.358. The molecule has 2 N–H and O–H groups in total. The normalized spacial score (nSPS) is 16.1. The van der Waals surface area contributed by atoms with Gasteiger partial charge in [0.25, 0.3) is 5.91 Å². The van der Waals surface area contributed by atoms with Crippen LogP contribution in [0.4, 0.5) is 0 Å². The third-order valence-electron chi connectivity index (χ3n) is 2.94. The van der Waals surface area contributed by atoms with Gasteiger partial charge in [-0.1, -0.05) is 0 Å². The van der Waals surface area contributed by atoms with Crippen molar-refractivity contribution in [1.82, 2.24) is 15.1 Å². The molecule has 0 fully saturated rings. The first kappa shape index (κ1) is 11.6. The highest BCUT2D eigenvalue weighted by atomic mass is 16.4. The number of nitrogens with one attached hydrogen (secondary N) is 1. The Kier molecular flexibility index (Phi) is 3.12. The highest BCUT2D eigenvalue weighted by molar-refractivity contribution is 5.97. The number of aliphatic carboxylic acids is 1. The van der Waals surface area contributed by atoms with Crippen LogP contribution < -0.4 is 5.32 Å². The summed E-state index contributed by atoms with van der Waals surface area (Å²) in [5.74, 6) is -1.40. The highest BCUT2D eigenvalue weighted by Gasteiger charge is 2.22. The van der Waals surface area contributed by atoms with Gasteiger partial charge >= 0.3 is 5.97 Å². The Hall–Kier alpha value is -1.85. The van der Waals surface area contributed by atoms with Crippen molar-refractivity contribution >= 4 is 11.9 Å². The highest BCUT2D eigenvalue weighted by Crippen LogP contribution is 2.17. The number of hydrogen-bond acceptors (Lipinski definition) is 3. The minimum atomic E-state index is -1.04. The number of amides is 1. The molecule has 1 aliphatic heterocycles. The van der Waals surface area contributed by atoms with Crippen LogP contribution in [0.1, 0.15) is 35.8 Å². The molecule has 0 aromatic carbocycles. The Bertz CT molecular complexity index is 453. The first-order valence-electron chi connectivity index (χ1n) is 5.68. The summed E-state index contributed by atoms with van der Waals surface area (Å²) >= 11 is 0. The van der Waals surface area contributed by atoms with Crippen LogP contribution in [-0.4, -0.2) is 32.8 Å². The van der Waals surface area contributed by atoms with Gasteiger partial charge in [-0.15, -0.1) is 0 Å². The molecule has 0 aliphatic carbocycles. The van der Waals surface area contributed by atoms with Crippen molar-refractivity contribution in [3.63, 3.8) is 0 Å². The van der Waals surface area contributed by atoms with E-state index in [-0.39, 0.29) is 5.91 Å². The number of aryl methyl sites for hydroxylation is 1. The van der Waals surface area contributed by atoms with Crippen molar-refractivity contribution in [2.75, 3.05) is 0 Å². The summed E-state index contributed by atoms with van der Waals surface area (Å²) in [6.07, 6.45) is 4.45. The second-order valence-corrected chi connectivity index (χ2v) is 4.22. The molecule has 0 saturated heterocycles. The summed E-state index contributed by atoms with van der Waals surface area (Å²) in [5.41, 5.74) is 1.41. The van der Waals surface area contributed by atoms with Gasteiger partial charge in [0.05, 0.1) is 17.5 Å². The lowest BCUT2D eigenvalue weighted by Gasteiger charge is -2.15. The molecular weight excluding hydrogens is 222 g/mol. The second-order valence-electron chi connectivity index (χ2n) is 4.22. The molecule has 2 rings (SSSR count). The van der Waals surface area contributed by atoms with Gasteiger partial charge in [0.2, 0.25) is 0 Å². The van der Waals surface area contributed by atoms with E-state index >= 15 is 0 Å². The van der Waals surface area contributed by atoms with Crippen LogP contribution in [0.2, 0.25) is 0 Å². The van der Waals surface area contributed by atoms with E-state index in [0.29, 0.717) is 5.56 Å². The molecule has 17 heavy (non-hydrogen) atoms. The fraction of sp³-hybridized carbons (Fsp3) is 0.545. The van der Waals surface area contributed by atoms with Crippen LogP contribution in [0.3, 0.4) is 0 Å². The number of carbonyl (C=O) groups is 2. The maximum absolute atomic E-state index is 11.9. The Morgan fingerprint density at radius 3 is 3.00 bits per heavy atom. The predicted molar refractivity (Wildman–Crippen MR) is 59.7 cm³/mol. The van der Waals surface area contributed by atoms with E-state index in [9.17, 15) is 9.59 Å². The van der Waals surface area contributed by atoms with Crippen molar-refractivity contribution < 1.29 is 14.7 Å². The van der Waals surface area contributed by atoms with Gasteiger partial charge in [0.15, 0.2) is 0 Å². The first-order valence-corrected chi connectivity index (χ1v) is 5.68. The van der Waals surface area contributed by atoms with Gasteiger partial charge in [-0.25, -0.2) is 0 Å². The zero-order valence-corrected chi connectivity index (χ0v) is 9.64. The molecule has 1 aromatic rings. The van der Waals surface area contributed by atoms with Crippen molar-refractivity contribution in [2.24, 2.45) is 0 Å². The monoisotopic (exact) mass is 237 g/mol. The zero-order valence-electron chi connectivity index (χ0n) is 9.64. The van der Waals surface area contributed by atoms with Crippen LogP contribution in [0.15, 0.2) is 6.20 Å². The van der Waals surface area contributed by atoms with Gasteiger partial charge < -0.3 is 10.4 Å². The number of carbonyl (C=O) groups excluding carboxylic acids is 1. The van der Waals surface area contributed by atoms with Crippen molar-refractivity contribution in [1.29, 1.82) is 0 Å². The number of hydrogen-bond donors (Lipinski definition) is 2. The van der Waals surface area contributed by atoms with Crippen LogP contribution in [0.25, 0.3) is 0 Å². The molecule has 0 unspecified atom stereocenters. The molecule has 1 amide bonds. The number of nitrogens with zero attached hydrogens (tertiary/aromatic N) is 2. The Balaban J connectivity index is 2.14. The van der Waals surface area contributed by atoms with E-state index in [2.05, 4.69) is 10.4 Å². The van der Waals surface area contributed by atoms with E-state index < -0.39 is 12.0 Å². The molecule has 92 valence electrons. The Morgan fingerprint density at radius 2 is 2.29 bits per heavy atom. The van der Waals surface area contributed by atoms with E-state index in [1.165, 1.54) is 13.1 Å². The number of fused-ring (bicyclic) bond motifs is 1. The maximum Gasteiger partial charge on any atom is 0.325 e.